The molecule has 0 amide bonds. The maximum atomic E-state index is 5.94. The predicted molar refractivity (Wildman–Crippen MR) is 103 cm³/mol. The molecule has 1 aromatic carbocycles. The van der Waals surface area contributed by atoms with Gasteiger partial charge in [-0.05, 0) is 44.2 Å². The van der Waals surface area contributed by atoms with Crippen molar-refractivity contribution in [3.63, 3.8) is 0 Å². The van der Waals surface area contributed by atoms with E-state index in [0.29, 0.717) is 5.96 Å². The minimum atomic E-state index is 0. The summed E-state index contributed by atoms with van der Waals surface area (Å²) in [6.45, 7) is 7.31. The number of halogens is 1. The van der Waals surface area contributed by atoms with Crippen LogP contribution in [0.2, 0.25) is 0 Å². The highest BCUT2D eigenvalue weighted by Gasteiger charge is 2.44. The third-order valence-corrected chi connectivity index (χ3v) is 4.10. The van der Waals surface area contributed by atoms with Gasteiger partial charge in [0.1, 0.15) is 0 Å². The molecule has 4 nitrogen and oxygen atoms in total. The van der Waals surface area contributed by atoms with Gasteiger partial charge in [-0.1, -0.05) is 24.3 Å². The Hall–Kier alpha value is -0.820. The highest BCUT2D eigenvalue weighted by atomic mass is 127. The minimum absolute atomic E-state index is 0. The topological polar surface area (TPSA) is 59.6 Å². The number of aryl methyl sites for hydroxylation is 1. The van der Waals surface area contributed by atoms with Gasteiger partial charge in [-0.25, -0.2) is 0 Å². The highest BCUT2D eigenvalue weighted by molar-refractivity contribution is 14.0. The number of ether oxygens (including phenoxy) is 1. The van der Waals surface area contributed by atoms with E-state index in [1.807, 2.05) is 6.92 Å². The number of nitrogens with two attached hydrogens (primary N) is 1. The molecule has 0 aromatic heterocycles. The summed E-state index contributed by atoms with van der Waals surface area (Å²) in [5, 5.41) is 3.16. The fraction of sp³-hybridized carbons (Fsp3) is 0.588. The Kier molecular flexibility index (Phi) is 8.17. The zero-order chi connectivity index (χ0) is 15.1. The zero-order valence-corrected chi connectivity index (χ0v) is 15.9. The Morgan fingerprint density at radius 2 is 2.09 bits per heavy atom. The minimum Gasteiger partial charge on any atom is -0.382 e. The first kappa shape index (κ1) is 19.2. The molecule has 0 bridgehead atoms. The van der Waals surface area contributed by atoms with Gasteiger partial charge in [0.25, 0.3) is 0 Å². The van der Waals surface area contributed by atoms with Crippen LogP contribution >= 0.6 is 24.0 Å². The number of hydrogen-bond acceptors (Lipinski definition) is 2. The normalized spacial score (nSPS) is 16.0. The lowest BCUT2D eigenvalue weighted by atomic mass is 9.92. The Bertz CT molecular complexity index is 487. The van der Waals surface area contributed by atoms with E-state index in [-0.39, 0.29) is 29.4 Å². The summed E-state index contributed by atoms with van der Waals surface area (Å²) < 4.78 is 5.29. The van der Waals surface area contributed by atoms with Crippen molar-refractivity contribution in [2.45, 2.75) is 38.5 Å². The van der Waals surface area contributed by atoms with Gasteiger partial charge >= 0.3 is 0 Å². The quantitative estimate of drug-likeness (QED) is 0.296. The number of aliphatic imine (C=N–C) groups is 1. The van der Waals surface area contributed by atoms with Gasteiger partial charge in [0.2, 0.25) is 0 Å². The second-order valence-electron chi connectivity index (χ2n) is 5.77. The summed E-state index contributed by atoms with van der Waals surface area (Å²) >= 11 is 0. The van der Waals surface area contributed by atoms with E-state index in [1.165, 1.54) is 24.0 Å². The van der Waals surface area contributed by atoms with E-state index in [4.69, 9.17) is 10.5 Å². The molecule has 1 fully saturated rings. The van der Waals surface area contributed by atoms with Crippen LogP contribution in [0, 0.1) is 6.92 Å². The van der Waals surface area contributed by atoms with Gasteiger partial charge in [-0.3, -0.25) is 4.99 Å². The molecule has 1 aliphatic carbocycles. The van der Waals surface area contributed by atoms with Gasteiger partial charge in [0, 0.05) is 25.2 Å². The lowest BCUT2D eigenvalue weighted by Crippen LogP contribution is -2.33. The first-order valence-electron chi connectivity index (χ1n) is 7.85. The van der Waals surface area contributed by atoms with E-state index in [0.717, 1.165) is 32.7 Å². The largest absolute Gasteiger partial charge is 0.382 e. The number of guanidine groups is 1. The Morgan fingerprint density at radius 3 is 2.73 bits per heavy atom. The third-order valence-electron chi connectivity index (χ3n) is 4.10. The van der Waals surface area contributed by atoms with Crippen LogP contribution in [-0.4, -0.2) is 32.3 Å². The molecule has 1 aromatic rings. The molecule has 1 aliphatic rings. The number of nitrogens with zero attached hydrogens (tertiary/aromatic N) is 1. The summed E-state index contributed by atoms with van der Waals surface area (Å²) in [7, 11) is 0. The molecular formula is C17H28IN3O. The summed E-state index contributed by atoms with van der Waals surface area (Å²) in [5.41, 5.74) is 8.95. The van der Waals surface area contributed by atoms with E-state index >= 15 is 0 Å². The van der Waals surface area contributed by atoms with E-state index in [1.54, 1.807) is 0 Å². The van der Waals surface area contributed by atoms with Crippen molar-refractivity contribution >= 4 is 29.9 Å². The molecule has 0 saturated heterocycles. The number of rotatable bonds is 8. The number of benzene rings is 1. The average Bonchev–Trinajstić information content (AvgIpc) is 3.26. The molecule has 0 radical (unpaired) electrons. The molecule has 22 heavy (non-hydrogen) atoms. The lowest BCUT2D eigenvalue weighted by Gasteiger charge is -2.16. The van der Waals surface area contributed by atoms with Crippen molar-refractivity contribution in [1.82, 2.24) is 5.32 Å². The second-order valence-corrected chi connectivity index (χ2v) is 5.77. The standard InChI is InChI=1S/C17H27N3O.HI/c1-3-21-12-6-11-19-16(18)20-13-17(9-10-17)15-8-5-4-7-14(15)2;/h4-5,7-8H,3,6,9-13H2,1-2H3,(H3,18,19,20);1H. The Balaban J connectivity index is 0.00000242. The fourth-order valence-corrected chi connectivity index (χ4v) is 2.66. The van der Waals surface area contributed by atoms with Crippen molar-refractivity contribution in [3.8, 4) is 0 Å². The first-order chi connectivity index (χ1) is 10.2. The van der Waals surface area contributed by atoms with Crippen molar-refractivity contribution in [2.24, 2.45) is 10.7 Å². The molecule has 0 aliphatic heterocycles. The molecule has 2 rings (SSSR count). The lowest BCUT2D eigenvalue weighted by molar-refractivity contribution is 0.145. The highest BCUT2D eigenvalue weighted by Crippen LogP contribution is 2.49. The average molecular weight is 417 g/mol. The first-order valence-corrected chi connectivity index (χ1v) is 7.85. The van der Waals surface area contributed by atoms with Gasteiger partial charge in [-0.2, -0.15) is 0 Å². The summed E-state index contributed by atoms with van der Waals surface area (Å²) in [6.07, 6.45) is 3.37. The number of nitrogens with one attached hydrogen (secondary N) is 1. The van der Waals surface area contributed by atoms with Gasteiger partial charge in [0.05, 0.1) is 6.54 Å². The molecule has 0 unspecified atom stereocenters. The third kappa shape index (κ3) is 5.43. The van der Waals surface area contributed by atoms with Crippen molar-refractivity contribution in [3.05, 3.63) is 35.4 Å². The molecular weight excluding hydrogens is 389 g/mol. The van der Waals surface area contributed by atoms with Gasteiger partial charge in [0.15, 0.2) is 5.96 Å². The SMILES string of the molecule is CCOCCCNC(N)=NCC1(c2ccccc2C)CC1.I. The summed E-state index contributed by atoms with van der Waals surface area (Å²) in [4.78, 5) is 4.54. The van der Waals surface area contributed by atoms with E-state index < -0.39 is 0 Å². The van der Waals surface area contributed by atoms with E-state index in [2.05, 4.69) is 41.5 Å². The van der Waals surface area contributed by atoms with Crippen LogP contribution in [0.1, 0.15) is 37.3 Å². The van der Waals surface area contributed by atoms with Crippen LogP contribution in [0.25, 0.3) is 0 Å². The summed E-state index contributed by atoms with van der Waals surface area (Å²) in [6, 6.07) is 8.60. The molecule has 3 N–H and O–H groups in total. The van der Waals surface area contributed by atoms with Crippen LogP contribution in [0.3, 0.4) is 0 Å². The summed E-state index contributed by atoms with van der Waals surface area (Å²) in [5.74, 6) is 0.548. The fourth-order valence-electron chi connectivity index (χ4n) is 2.66. The van der Waals surface area contributed by atoms with Gasteiger partial charge < -0.3 is 15.8 Å². The maximum Gasteiger partial charge on any atom is 0.188 e. The Labute approximate surface area is 150 Å². The Morgan fingerprint density at radius 1 is 1.36 bits per heavy atom. The van der Waals surface area contributed by atoms with Crippen molar-refractivity contribution in [2.75, 3.05) is 26.3 Å². The van der Waals surface area contributed by atoms with Crippen LogP contribution < -0.4 is 11.1 Å². The van der Waals surface area contributed by atoms with Crippen molar-refractivity contribution < 1.29 is 4.74 Å². The second kappa shape index (κ2) is 9.35. The zero-order valence-electron chi connectivity index (χ0n) is 13.6. The molecule has 1 saturated carbocycles. The number of hydrogen-bond donors (Lipinski definition) is 2. The van der Waals surface area contributed by atoms with Gasteiger partial charge in [-0.15, -0.1) is 24.0 Å². The molecule has 0 spiro atoms. The molecule has 124 valence electrons. The maximum absolute atomic E-state index is 5.94. The monoisotopic (exact) mass is 417 g/mol. The van der Waals surface area contributed by atoms with E-state index in [9.17, 15) is 0 Å². The van der Waals surface area contributed by atoms with Crippen LogP contribution in [0.15, 0.2) is 29.3 Å². The predicted octanol–water partition coefficient (Wildman–Crippen LogP) is 2.98. The van der Waals surface area contributed by atoms with Crippen LogP contribution in [-0.2, 0) is 10.2 Å². The molecule has 5 heteroatoms. The van der Waals surface area contributed by atoms with Crippen molar-refractivity contribution in [1.29, 1.82) is 0 Å². The van der Waals surface area contributed by atoms with Crippen LogP contribution in [0.4, 0.5) is 0 Å². The van der Waals surface area contributed by atoms with Crippen LogP contribution in [0.5, 0.6) is 0 Å². The molecule has 0 heterocycles. The molecule has 0 atom stereocenters. The smallest absolute Gasteiger partial charge is 0.188 e.